The number of rotatable bonds is 20. The molecule has 0 aromatic carbocycles. The molecule has 0 N–H and O–H groups in total. The quantitative estimate of drug-likeness (QED) is 0.103. The molecule has 0 radical (unpaired) electrons. The van der Waals surface area contributed by atoms with Gasteiger partial charge in [0.1, 0.15) is 61.0 Å². The first-order valence-electron chi connectivity index (χ1n) is 41.5. The molecule has 6 saturated heterocycles. The number of carbonyl (C=O) groups excluding carboxylic acids is 6. The average Bonchev–Trinajstić information content (AvgIpc) is 1.57. The van der Waals surface area contributed by atoms with Gasteiger partial charge in [0.15, 0.2) is 48.3 Å². The Kier molecular flexibility index (Phi) is 30.6. The smallest absolute Gasteiger partial charge is 0.306 e. The number of likely N-dealkylation sites (N-methyl/N-ethyl adjacent to an activating group) is 2. The van der Waals surface area contributed by atoms with Crippen LogP contribution in [-0.4, -0.2) is 277 Å². The van der Waals surface area contributed by atoms with Crippen molar-refractivity contribution in [3.05, 3.63) is 23.3 Å². The summed E-state index contributed by atoms with van der Waals surface area (Å²) in [5.41, 5.74) is 1.08. The van der Waals surface area contributed by atoms with Crippen molar-refractivity contribution in [2.24, 2.45) is 71.0 Å². The van der Waals surface area contributed by atoms with Gasteiger partial charge >= 0.3 is 11.9 Å². The molecule has 0 spiro atoms. The highest BCUT2D eigenvalue weighted by Crippen LogP contribution is 2.59. The Labute approximate surface area is 653 Å². The monoisotopic (exact) mass is 1550 g/mol. The van der Waals surface area contributed by atoms with Crippen LogP contribution in [0.5, 0.6) is 0 Å². The second-order valence-electron chi connectivity index (χ2n) is 34.2. The lowest BCUT2D eigenvalue weighted by molar-refractivity contribution is -0.314. The summed E-state index contributed by atoms with van der Waals surface area (Å²) >= 11 is 0. The molecule has 0 aromatic heterocycles. The van der Waals surface area contributed by atoms with E-state index in [4.69, 9.17) is 85.3 Å². The largest absolute Gasteiger partial charge is 0.462 e. The number of ether oxygens (including phenoxy) is 18. The predicted octanol–water partition coefficient (Wildman–Crippen LogP) is 9.03. The number of Topliss-reactive ketones (excluding diaryl/α,β-unsaturated/α-hetero) is 4. The minimum absolute atomic E-state index is 0.0102. The molecular weight excluding hydrogens is 1420 g/mol. The van der Waals surface area contributed by atoms with Crippen LogP contribution in [0.3, 0.4) is 0 Å². The van der Waals surface area contributed by atoms with Crippen molar-refractivity contribution < 1.29 is 114 Å². The molecule has 10 fully saturated rings. The highest BCUT2D eigenvalue weighted by Gasteiger charge is 2.63. The molecule has 12 aliphatic rings. The van der Waals surface area contributed by atoms with E-state index < -0.39 is 109 Å². The van der Waals surface area contributed by atoms with E-state index in [0.717, 1.165) is 38.5 Å². The molecule has 6 aliphatic carbocycles. The molecule has 6 aliphatic heterocycles. The maximum Gasteiger partial charge on any atom is 0.306 e. The molecule has 0 amide bonds. The maximum atomic E-state index is 14.8. The third kappa shape index (κ3) is 18.4. The van der Waals surface area contributed by atoms with Gasteiger partial charge in [0, 0.05) is 104 Å². The van der Waals surface area contributed by atoms with Gasteiger partial charge in [-0.15, -0.1) is 0 Å². The number of methoxy groups -OCH3 is 8. The second kappa shape index (κ2) is 38.6. The van der Waals surface area contributed by atoms with E-state index in [0.29, 0.717) is 87.4 Å². The number of esters is 2. The normalized spacial score (nSPS) is 45.6. The number of hydrogen-bond acceptors (Lipinski definition) is 26. The highest BCUT2D eigenvalue weighted by molar-refractivity contribution is 6.02. The Morgan fingerprint density at radius 3 is 1.07 bits per heavy atom. The van der Waals surface area contributed by atoms with Gasteiger partial charge in [-0.1, -0.05) is 39.8 Å². The van der Waals surface area contributed by atoms with E-state index in [1.807, 2.05) is 53.7 Å². The van der Waals surface area contributed by atoms with Crippen molar-refractivity contribution in [1.29, 1.82) is 0 Å². The minimum Gasteiger partial charge on any atom is -0.462 e. The zero-order chi connectivity index (χ0) is 79.4. The highest BCUT2D eigenvalue weighted by atomic mass is 16.7. The van der Waals surface area contributed by atoms with Crippen LogP contribution in [0, 0.1) is 71.0 Å². The Morgan fingerprint density at radius 2 is 0.755 bits per heavy atom. The molecule has 36 atom stereocenters. The average molecular weight is 1560 g/mol. The van der Waals surface area contributed by atoms with Gasteiger partial charge in [-0.3, -0.25) is 28.8 Å². The van der Waals surface area contributed by atoms with Crippen LogP contribution in [-0.2, 0) is 114 Å². The number of ketones is 4. The van der Waals surface area contributed by atoms with Crippen molar-refractivity contribution >= 4 is 35.1 Å². The summed E-state index contributed by atoms with van der Waals surface area (Å²) in [4.78, 5) is 90.4. The summed E-state index contributed by atoms with van der Waals surface area (Å²) in [6.45, 7) is 15.9. The molecule has 110 heavy (non-hydrogen) atoms. The Balaban J connectivity index is 0.000000218. The lowest BCUT2D eigenvalue weighted by atomic mass is 9.64. The number of nitrogens with zero attached hydrogens (tertiary/aromatic N) is 2. The van der Waals surface area contributed by atoms with Gasteiger partial charge in [-0.2, -0.15) is 0 Å². The summed E-state index contributed by atoms with van der Waals surface area (Å²) in [7, 11) is 21.1. The van der Waals surface area contributed by atoms with E-state index in [2.05, 4.69) is 51.8 Å². The topological polar surface area (TPSA) is 275 Å². The van der Waals surface area contributed by atoms with Crippen molar-refractivity contribution in [3.63, 3.8) is 0 Å². The molecule has 6 unspecified atom stereocenters. The second-order valence-corrected chi connectivity index (χ2v) is 34.2. The summed E-state index contributed by atoms with van der Waals surface area (Å²) in [6, 6.07) is 0.595. The van der Waals surface area contributed by atoms with Gasteiger partial charge in [0.2, 0.25) is 0 Å². The Hall–Kier alpha value is -3.62. The lowest BCUT2D eigenvalue weighted by Crippen LogP contribution is -2.59. The third-order valence-corrected chi connectivity index (χ3v) is 27.7. The molecule has 4 saturated carbocycles. The van der Waals surface area contributed by atoms with Gasteiger partial charge < -0.3 is 95.1 Å². The Bertz CT molecular complexity index is 2950. The molecule has 0 bridgehead atoms. The number of hydrogen-bond donors (Lipinski definition) is 0. The molecule has 624 valence electrons. The summed E-state index contributed by atoms with van der Waals surface area (Å²) in [6.07, 6.45) is 6.60. The van der Waals surface area contributed by atoms with E-state index >= 15 is 0 Å². The van der Waals surface area contributed by atoms with Crippen molar-refractivity contribution in [2.45, 2.75) is 318 Å². The van der Waals surface area contributed by atoms with E-state index in [1.54, 1.807) is 56.9 Å². The maximum absolute atomic E-state index is 14.8. The fourth-order valence-electron chi connectivity index (χ4n) is 22.0. The SMILES string of the molecule is CC[C@H]1CCC[C@H](O[C@H]2CC[C@H](N(C)C)C(C)O2)[C@@H](C)C(=O)C2=C[C@H]3[C@@H]4C[C@H](O[C@@H]5OC(C)[C@H](OC)C(OC)[C@@H]5OC)C[C@H]4[C@@H](OC)C(=O)[C@H]3[C@@H]2CC(=O)O1.CC[C@H]1CCC[C@H](O[C@H]2CC[C@H](N(C)C)C(C)O2)[C@@H](C)C(=O)C2=C[C@H]3[C@@H]4C[C@H](O[C@@H]5OC(C)[C@H](OC)C(OC)[C@@H]5OC)C[C@H]4[C@H](OC)C(=O)[C@H]3[C@@H]2CC(=O)O1. The number of fused-ring (bicyclic) bond motifs is 10. The minimum atomic E-state index is -0.712. The van der Waals surface area contributed by atoms with Gasteiger partial charge in [0.05, 0.1) is 61.7 Å². The third-order valence-electron chi connectivity index (χ3n) is 27.7. The Morgan fingerprint density at radius 1 is 0.400 bits per heavy atom. The number of cyclic esters (lactones) is 2. The molecular formula is C84H134N2O24. The standard InChI is InChI=1S/2C42H67NO12/c2*1-11-24-13-12-14-32(55-34-16-15-31(43(5)6)22(3)51-34)21(2)36(45)29-19-27-26-17-25(54-42-41(50-10)40(49-9)38(47-7)23(4)52-42)18-30(26)39(48-8)37(46)35(27)28(29)20-33(44)53-24/h2*19,21-28,30-32,34-35,38-42H,11-18,20H2,1-10H3/t21-,22?,23?,24+,25+,26+,27+,28-,30-,31+,32+,34+,35-,38+,39+,40?,41+,42+;21-,22?,23?,24+,25+,26+,27+,28-,30-,31+,32+,34+,35-,38+,39-,40?,41+,42+/m11/s1. The van der Waals surface area contributed by atoms with Crippen molar-refractivity contribution in [3.8, 4) is 0 Å². The first-order chi connectivity index (χ1) is 52.7. The van der Waals surface area contributed by atoms with Crippen LogP contribution in [0.2, 0.25) is 0 Å². The predicted molar refractivity (Wildman–Crippen MR) is 402 cm³/mol. The molecule has 12 rings (SSSR count). The molecule has 6 heterocycles. The van der Waals surface area contributed by atoms with Crippen LogP contribution >= 0.6 is 0 Å². The van der Waals surface area contributed by atoms with Crippen LogP contribution < -0.4 is 0 Å². The lowest BCUT2D eigenvalue weighted by Gasteiger charge is -2.44. The fraction of sp³-hybridized carbons (Fsp3) is 0.881. The number of allylic oxidation sites excluding steroid dienone is 4. The molecule has 26 heteroatoms. The van der Waals surface area contributed by atoms with E-state index in [1.165, 1.54) is 0 Å². The van der Waals surface area contributed by atoms with Crippen LogP contribution in [0.1, 0.15) is 171 Å². The van der Waals surface area contributed by atoms with Gasteiger partial charge in [-0.25, -0.2) is 0 Å². The summed E-state index contributed by atoms with van der Waals surface area (Å²) in [5.74, 6) is -5.24. The first kappa shape index (κ1) is 87.2. The summed E-state index contributed by atoms with van der Waals surface area (Å²) < 4.78 is 111. The van der Waals surface area contributed by atoms with Crippen LogP contribution in [0.4, 0.5) is 0 Å². The summed E-state index contributed by atoms with van der Waals surface area (Å²) in [5, 5.41) is 0. The van der Waals surface area contributed by atoms with Gasteiger partial charge in [-0.05, 0) is 205 Å². The van der Waals surface area contributed by atoms with Crippen molar-refractivity contribution in [1.82, 2.24) is 9.80 Å². The zero-order valence-corrected chi connectivity index (χ0v) is 69.4. The zero-order valence-electron chi connectivity index (χ0n) is 69.4. The number of carbonyl (C=O) groups is 6. The fourth-order valence-corrected chi connectivity index (χ4v) is 22.0. The first-order valence-corrected chi connectivity index (χ1v) is 41.5. The van der Waals surface area contributed by atoms with E-state index in [-0.39, 0.29) is 144 Å². The van der Waals surface area contributed by atoms with E-state index in [9.17, 15) is 28.8 Å². The van der Waals surface area contributed by atoms with Crippen LogP contribution in [0.15, 0.2) is 23.3 Å². The van der Waals surface area contributed by atoms with Gasteiger partial charge in [0.25, 0.3) is 0 Å². The van der Waals surface area contributed by atoms with Crippen LogP contribution in [0.25, 0.3) is 0 Å². The van der Waals surface area contributed by atoms with Crippen molar-refractivity contribution in [2.75, 3.05) is 85.1 Å². The molecule has 0 aromatic rings. The molecule has 26 nitrogen and oxygen atoms in total.